The van der Waals surface area contributed by atoms with Crippen LogP contribution in [-0.2, 0) is 0 Å². The molecule has 1 aliphatic rings. The topological polar surface area (TPSA) is 37.4 Å². The number of hydrogen-bond acceptors (Lipinski definition) is 3. The van der Waals surface area contributed by atoms with E-state index in [0.717, 1.165) is 36.9 Å². The van der Waals surface area contributed by atoms with E-state index in [1.54, 1.807) is 0 Å². The maximum atomic E-state index is 12.2. The summed E-state index contributed by atoms with van der Waals surface area (Å²) in [5, 5.41) is 0. The first-order valence-electron chi connectivity index (χ1n) is 8.22. The van der Waals surface area contributed by atoms with Crippen molar-refractivity contribution in [3.8, 4) is 11.1 Å². The fourth-order valence-electron chi connectivity index (χ4n) is 3.54. The smallest absolute Gasteiger partial charge is 0.250 e. The molecular weight excluding hydrogens is 274 g/mol. The van der Waals surface area contributed by atoms with Crippen LogP contribution in [0.1, 0.15) is 43.7 Å². The Kier molecular flexibility index (Phi) is 3.90. The molecule has 3 heteroatoms. The van der Waals surface area contributed by atoms with Gasteiger partial charge in [0.1, 0.15) is 5.69 Å². The first-order chi connectivity index (χ1) is 10.5. The zero-order valence-electron chi connectivity index (χ0n) is 13.6. The van der Waals surface area contributed by atoms with Crippen molar-refractivity contribution >= 4 is 5.69 Å². The van der Waals surface area contributed by atoms with Crippen LogP contribution in [0.4, 0.5) is 5.69 Å². The van der Waals surface area contributed by atoms with Crippen LogP contribution in [0.5, 0.6) is 0 Å². The van der Waals surface area contributed by atoms with E-state index in [1.807, 2.05) is 25.1 Å². The maximum absolute atomic E-state index is 12.2. The molecule has 1 saturated heterocycles. The Morgan fingerprint density at radius 1 is 1.09 bits per heavy atom. The van der Waals surface area contributed by atoms with Crippen LogP contribution >= 0.6 is 0 Å². The largest absolute Gasteiger partial charge is 0.365 e. The molecule has 2 aromatic carbocycles. The molecule has 0 saturated carbocycles. The SMILES string of the molecule is CCC1CCCCN1c1c(-c2ccc(C)c(C)c2)c(=O)c1=O. The molecule has 0 aromatic heterocycles. The van der Waals surface area contributed by atoms with E-state index in [4.69, 9.17) is 0 Å². The maximum Gasteiger partial charge on any atom is 0.250 e. The number of nitrogens with zero attached hydrogens (tertiary/aromatic N) is 1. The molecule has 2 aromatic rings. The Bertz CT molecular complexity index is 768. The van der Waals surface area contributed by atoms with Gasteiger partial charge in [0, 0.05) is 12.6 Å². The quantitative estimate of drug-likeness (QED) is 0.815. The Morgan fingerprint density at radius 2 is 1.86 bits per heavy atom. The van der Waals surface area contributed by atoms with Gasteiger partial charge in [-0.05, 0) is 56.2 Å². The molecule has 0 radical (unpaired) electrons. The highest BCUT2D eigenvalue weighted by molar-refractivity contribution is 5.83. The molecule has 1 aliphatic heterocycles. The lowest BCUT2D eigenvalue weighted by Gasteiger charge is -2.38. The van der Waals surface area contributed by atoms with Crippen LogP contribution in [0.15, 0.2) is 27.8 Å². The van der Waals surface area contributed by atoms with Crippen LogP contribution in [-0.4, -0.2) is 12.6 Å². The van der Waals surface area contributed by atoms with Gasteiger partial charge in [-0.3, -0.25) is 9.59 Å². The van der Waals surface area contributed by atoms with Crippen molar-refractivity contribution in [3.05, 3.63) is 49.8 Å². The van der Waals surface area contributed by atoms with Crippen molar-refractivity contribution in [2.75, 3.05) is 11.4 Å². The molecule has 1 atom stereocenters. The number of piperidine rings is 1. The number of rotatable bonds is 3. The van der Waals surface area contributed by atoms with Gasteiger partial charge in [-0.2, -0.15) is 0 Å². The summed E-state index contributed by atoms with van der Waals surface area (Å²) in [6.45, 7) is 7.14. The van der Waals surface area contributed by atoms with Gasteiger partial charge in [0.05, 0.1) is 5.56 Å². The summed E-state index contributed by atoms with van der Waals surface area (Å²) in [5.74, 6) is 0. The molecule has 1 unspecified atom stereocenters. The molecule has 0 aliphatic carbocycles. The van der Waals surface area contributed by atoms with E-state index in [9.17, 15) is 9.59 Å². The van der Waals surface area contributed by atoms with Crippen LogP contribution in [0.3, 0.4) is 0 Å². The van der Waals surface area contributed by atoms with Gasteiger partial charge in [0.25, 0.3) is 0 Å². The molecule has 0 spiro atoms. The molecule has 116 valence electrons. The van der Waals surface area contributed by atoms with Crippen molar-refractivity contribution < 1.29 is 0 Å². The number of aryl methyl sites for hydroxylation is 2. The van der Waals surface area contributed by atoms with Crippen molar-refractivity contribution in [2.45, 2.75) is 52.5 Å². The first-order valence-corrected chi connectivity index (χ1v) is 8.22. The minimum atomic E-state index is -0.321. The van der Waals surface area contributed by atoms with Gasteiger partial charge >= 0.3 is 0 Å². The first kappa shape index (κ1) is 15.0. The minimum absolute atomic E-state index is 0.298. The third kappa shape index (κ3) is 2.29. The standard InChI is InChI=1S/C19H23NO2/c1-4-15-7-5-6-10-20(15)17-16(18(21)19(17)22)14-9-8-12(2)13(3)11-14/h8-9,11,15H,4-7,10H2,1-3H3. The number of anilines is 1. The summed E-state index contributed by atoms with van der Waals surface area (Å²) in [6.07, 6.45) is 4.44. The molecule has 0 bridgehead atoms. The van der Waals surface area contributed by atoms with E-state index in [-0.39, 0.29) is 10.9 Å². The second-order valence-corrected chi connectivity index (χ2v) is 6.43. The van der Waals surface area contributed by atoms with Gasteiger partial charge < -0.3 is 4.90 Å². The van der Waals surface area contributed by atoms with Crippen LogP contribution in [0, 0.1) is 13.8 Å². The van der Waals surface area contributed by atoms with Crippen LogP contribution < -0.4 is 15.8 Å². The fraction of sp³-hybridized carbons (Fsp3) is 0.474. The third-order valence-corrected chi connectivity index (χ3v) is 5.07. The summed E-state index contributed by atoms with van der Waals surface area (Å²) < 4.78 is 0. The van der Waals surface area contributed by atoms with Crippen molar-refractivity contribution in [1.82, 2.24) is 0 Å². The summed E-state index contributed by atoms with van der Waals surface area (Å²) in [4.78, 5) is 26.6. The number of benzene rings is 1. The summed E-state index contributed by atoms with van der Waals surface area (Å²) >= 11 is 0. The van der Waals surface area contributed by atoms with E-state index in [1.165, 1.54) is 12.0 Å². The van der Waals surface area contributed by atoms with Crippen LogP contribution in [0.2, 0.25) is 0 Å². The van der Waals surface area contributed by atoms with E-state index in [2.05, 4.69) is 18.7 Å². The highest BCUT2D eigenvalue weighted by Crippen LogP contribution is 2.32. The van der Waals surface area contributed by atoms with Crippen molar-refractivity contribution in [2.24, 2.45) is 0 Å². The molecular formula is C19H23NO2. The Labute approximate surface area is 131 Å². The van der Waals surface area contributed by atoms with Gasteiger partial charge in [-0.25, -0.2) is 0 Å². The Morgan fingerprint density at radius 3 is 2.55 bits per heavy atom. The molecule has 1 fully saturated rings. The van der Waals surface area contributed by atoms with Crippen molar-refractivity contribution in [3.63, 3.8) is 0 Å². The monoisotopic (exact) mass is 297 g/mol. The predicted molar refractivity (Wildman–Crippen MR) is 91.5 cm³/mol. The summed E-state index contributed by atoms with van der Waals surface area (Å²) in [6, 6.07) is 6.41. The predicted octanol–water partition coefficient (Wildman–Crippen LogP) is 3.34. The Balaban J connectivity index is 2.07. The van der Waals surface area contributed by atoms with Gasteiger partial charge in [-0.1, -0.05) is 25.1 Å². The minimum Gasteiger partial charge on any atom is -0.365 e. The summed E-state index contributed by atoms with van der Waals surface area (Å²) in [5.41, 5.74) is 3.93. The zero-order valence-corrected chi connectivity index (χ0v) is 13.6. The second-order valence-electron chi connectivity index (χ2n) is 6.43. The molecule has 0 amide bonds. The zero-order chi connectivity index (χ0) is 15.9. The highest BCUT2D eigenvalue weighted by Gasteiger charge is 2.31. The highest BCUT2D eigenvalue weighted by atomic mass is 16.2. The van der Waals surface area contributed by atoms with Gasteiger partial charge in [0.2, 0.25) is 10.9 Å². The second kappa shape index (κ2) is 5.71. The molecule has 1 heterocycles. The average Bonchev–Trinajstić information content (AvgIpc) is 2.54. The van der Waals surface area contributed by atoms with Crippen molar-refractivity contribution in [1.29, 1.82) is 0 Å². The number of hydrogen-bond donors (Lipinski definition) is 0. The van der Waals surface area contributed by atoms with Gasteiger partial charge in [0.15, 0.2) is 0 Å². The Hall–Kier alpha value is -1.90. The molecule has 0 N–H and O–H groups in total. The van der Waals surface area contributed by atoms with E-state index >= 15 is 0 Å². The molecule has 3 nitrogen and oxygen atoms in total. The van der Waals surface area contributed by atoms with E-state index < -0.39 is 0 Å². The van der Waals surface area contributed by atoms with Gasteiger partial charge in [-0.15, -0.1) is 0 Å². The van der Waals surface area contributed by atoms with Crippen LogP contribution in [0.25, 0.3) is 11.1 Å². The summed E-state index contributed by atoms with van der Waals surface area (Å²) in [7, 11) is 0. The lowest BCUT2D eigenvalue weighted by Crippen LogP contribution is -2.48. The molecule has 22 heavy (non-hydrogen) atoms. The normalized spacial score (nSPS) is 18.9. The lowest BCUT2D eigenvalue weighted by molar-refractivity contribution is 0.448. The average molecular weight is 297 g/mol. The third-order valence-electron chi connectivity index (χ3n) is 5.07. The fourth-order valence-corrected chi connectivity index (χ4v) is 3.54. The molecule has 3 rings (SSSR count). The lowest BCUT2D eigenvalue weighted by atomic mass is 9.91. The van der Waals surface area contributed by atoms with E-state index in [0.29, 0.717) is 17.3 Å².